The maximum absolute atomic E-state index is 13.9. The summed E-state index contributed by atoms with van der Waals surface area (Å²) in [5, 5.41) is 9.17. The molecule has 1 heterocycles. The molecule has 0 spiro atoms. The monoisotopic (exact) mass is 495 g/mol. The number of hydrogen-bond acceptors (Lipinski definition) is 3. The second-order valence-electron chi connectivity index (χ2n) is 6.22. The number of carbonyl (C=O) groups is 1. The molecular formula is C18H28F2IN5O. The van der Waals surface area contributed by atoms with E-state index in [2.05, 4.69) is 20.9 Å². The zero-order chi connectivity index (χ0) is 18.9. The highest BCUT2D eigenvalue weighted by Crippen LogP contribution is 2.24. The highest BCUT2D eigenvalue weighted by Gasteiger charge is 2.25. The van der Waals surface area contributed by atoms with Crippen LogP contribution in [0.25, 0.3) is 0 Å². The third-order valence-corrected chi connectivity index (χ3v) is 4.08. The van der Waals surface area contributed by atoms with Gasteiger partial charge in [0.05, 0.1) is 5.69 Å². The Bertz CT molecular complexity index is 644. The lowest BCUT2D eigenvalue weighted by molar-refractivity contribution is -0.119. The van der Waals surface area contributed by atoms with Gasteiger partial charge in [-0.05, 0) is 31.9 Å². The highest BCUT2D eigenvalue weighted by molar-refractivity contribution is 14.0. The first-order valence-electron chi connectivity index (χ1n) is 9.05. The Balaban J connectivity index is 0.00000364. The first kappa shape index (κ1) is 23.4. The normalized spacial score (nSPS) is 16.7. The van der Waals surface area contributed by atoms with E-state index in [-0.39, 0.29) is 42.5 Å². The van der Waals surface area contributed by atoms with Crippen molar-refractivity contribution < 1.29 is 13.6 Å². The number of amides is 1. The number of nitrogens with zero attached hydrogens (tertiary/aromatic N) is 2. The number of benzene rings is 1. The Kier molecular flexibility index (Phi) is 10.3. The summed E-state index contributed by atoms with van der Waals surface area (Å²) in [5.41, 5.74) is 0.400. The molecule has 1 atom stereocenters. The topological polar surface area (TPSA) is 68.8 Å². The largest absolute Gasteiger partial charge is 0.367 e. The fraction of sp³-hybridized carbons (Fsp3) is 0.556. The third-order valence-electron chi connectivity index (χ3n) is 4.08. The molecule has 27 heavy (non-hydrogen) atoms. The van der Waals surface area contributed by atoms with E-state index in [9.17, 15) is 13.6 Å². The SMILES string of the molecule is CCCNC(=O)CN=C(NCC)NC1CCN(c2ccc(F)cc2F)C1.I. The molecule has 1 amide bonds. The second kappa shape index (κ2) is 11.9. The number of rotatable bonds is 7. The van der Waals surface area contributed by atoms with Gasteiger partial charge in [0.2, 0.25) is 5.91 Å². The van der Waals surface area contributed by atoms with Gasteiger partial charge in [-0.2, -0.15) is 0 Å². The van der Waals surface area contributed by atoms with Crippen LogP contribution in [0.1, 0.15) is 26.7 Å². The Morgan fingerprint density at radius 1 is 1.30 bits per heavy atom. The van der Waals surface area contributed by atoms with Gasteiger partial charge in [-0.1, -0.05) is 6.92 Å². The van der Waals surface area contributed by atoms with Crippen LogP contribution in [-0.2, 0) is 4.79 Å². The number of aliphatic imine (C=N–C) groups is 1. The van der Waals surface area contributed by atoms with E-state index in [0.717, 1.165) is 18.9 Å². The van der Waals surface area contributed by atoms with Crippen LogP contribution in [0.4, 0.5) is 14.5 Å². The van der Waals surface area contributed by atoms with Crippen LogP contribution < -0.4 is 20.9 Å². The van der Waals surface area contributed by atoms with E-state index in [1.807, 2.05) is 18.7 Å². The number of guanidine groups is 1. The maximum atomic E-state index is 13.9. The lowest BCUT2D eigenvalue weighted by atomic mass is 10.2. The summed E-state index contributed by atoms with van der Waals surface area (Å²) < 4.78 is 27.0. The number of halogens is 3. The van der Waals surface area contributed by atoms with Gasteiger partial charge in [0.25, 0.3) is 0 Å². The van der Waals surface area contributed by atoms with Crippen molar-refractivity contribution in [3.63, 3.8) is 0 Å². The van der Waals surface area contributed by atoms with E-state index >= 15 is 0 Å². The van der Waals surface area contributed by atoms with Crippen molar-refractivity contribution in [3.05, 3.63) is 29.8 Å². The molecule has 3 N–H and O–H groups in total. The van der Waals surface area contributed by atoms with Crippen molar-refractivity contribution in [3.8, 4) is 0 Å². The zero-order valence-electron chi connectivity index (χ0n) is 15.7. The number of anilines is 1. The average Bonchev–Trinajstić information content (AvgIpc) is 3.06. The third kappa shape index (κ3) is 7.47. The van der Waals surface area contributed by atoms with E-state index < -0.39 is 11.6 Å². The van der Waals surface area contributed by atoms with Crippen molar-refractivity contribution in [1.82, 2.24) is 16.0 Å². The molecule has 1 saturated heterocycles. The molecule has 1 aromatic carbocycles. The van der Waals surface area contributed by atoms with Crippen LogP contribution in [0.15, 0.2) is 23.2 Å². The van der Waals surface area contributed by atoms with Crippen LogP contribution in [0.5, 0.6) is 0 Å². The van der Waals surface area contributed by atoms with Gasteiger partial charge in [0.15, 0.2) is 5.96 Å². The van der Waals surface area contributed by atoms with Gasteiger partial charge in [-0.15, -0.1) is 24.0 Å². The summed E-state index contributed by atoms with van der Waals surface area (Å²) in [4.78, 5) is 17.9. The molecule has 152 valence electrons. The molecule has 2 rings (SSSR count). The predicted molar refractivity (Wildman–Crippen MR) is 115 cm³/mol. The number of hydrogen-bond donors (Lipinski definition) is 3. The Labute approximate surface area is 176 Å². The zero-order valence-corrected chi connectivity index (χ0v) is 18.1. The number of carbonyl (C=O) groups excluding carboxylic acids is 1. The summed E-state index contributed by atoms with van der Waals surface area (Å²) in [6.07, 6.45) is 1.68. The van der Waals surface area contributed by atoms with Gasteiger partial charge < -0.3 is 20.9 Å². The van der Waals surface area contributed by atoms with Crippen LogP contribution in [0.3, 0.4) is 0 Å². The minimum absolute atomic E-state index is 0. The first-order chi connectivity index (χ1) is 12.5. The summed E-state index contributed by atoms with van der Waals surface area (Å²) in [6.45, 7) is 6.54. The standard InChI is InChI=1S/C18H27F2N5O.HI/c1-3-8-22-17(26)11-23-18(21-4-2)24-14-7-9-25(12-14)16-6-5-13(19)10-15(16)20;/h5-6,10,14H,3-4,7-9,11-12H2,1-2H3,(H,22,26)(H2,21,23,24);1H. The second-order valence-corrected chi connectivity index (χ2v) is 6.22. The van der Waals surface area contributed by atoms with Crippen molar-refractivity contribution in [2.24, 2.45) is 4.99 Å². The molecule has 1 aliphatic rings. The molecule has 0 aromatic heterocycles. The van der Waals surface area contributed by atoms with Gasteiger partial charge in [-0.25, -0.2) is 13.8 Å². The van der Waals surface area contributed by atoms with Crippen molar-refractivity contribution in [2.75, 3.05) is 37.6 Å². The summed E-state index contributed by atoms with van der Waals surface area (Å²) >= 11 is 0. The van der Waals surface area contributed by atoms with Crippen molar-refractivity contribution >= 4 is 41.5 Å². The van der Waals surface area contributed by atoms with Gasteiger partial charge in [0.1, 0.15) is 18.2 Å². The summed E-state index contributed by atoms with van der Waals surface area (Å²) in [5.74, 6) is -0.696. The minimum atomic E-state index is -0.581. The molecule has 1 unspecified atom stereocenters. The average molecular weight is 495 g/mol. The molecule has 0 aliphatic carbocycles. The fourth-order valence-corrected chi connectivity index (χ4v) is 2.82. The van der Waals surface area contributed by atoms with Gasteiger partial charge in [-0.3, -0.25) is 4.79 Å². The van der Waals surface area contributed by atoms with E-state index in [1.54, 1.807) is 0 Å². The lowest BCUT2D eigenvalue weighted by Gasteiger charge is -2.21. The summed E-state index contributed by atoms with van der Waals surface area (Å²) in [7, 11) is 0. The predicted octanol–water partition coefficient (Wildman–Crippen LogP) is 2.24. The first-order valence-corrected chi connectivity index (χ1v) is 9.05. The maximum Gasteiger partial charge on any atom is 0.241 e. The molecule has 6 nitrogen and oxygen atoms in total. The molecule has 9 heteroatoms. The molecule has 1 fully saturated rings. The van der Waals surface area contributed by atoms with Crippen LogP contribution in [0.2, 0.25) is 0 Å². The van der Waals surface area contributed by atoms with E-state index in [1.165, 1.54) is 12.1 Å². The quantitative estimate of drug-likeness (QED) is 0.309. The lowest BCUT2D eigenvalue weighted by Crippen LogP contribution is -2.45. The Hall–Kier alpha value is -1.65. The van der Waals surface area contributed by atoms with E-state index in [0.29, 0.717) is 37.8 Å². The highest BCUT2D eigenvalue weighted by atomic mass is 127. The van der Waals surface area contributed by atoms with E-state index in [4.69, 9.17) is 0 Å². The van der Waals surface area contributed by atoms with Gasteiger partial charge >= 0.3 is 0 Å². The Morgan fingerprint density at radius 2 is 2.07 bits per heavy atom. The Morgan fingerprint density at radius 3 is 2.74 bits per heavy atom. The van der Waals surface area contributed by atoms with Crippen molar-refractivity contribution in [2.45, 2.75) is 32.7 Å². The van der Waals surface area contributed by atoms with Gasteiger partial charge in [0, 0.05) is 38.3 Å². The fourth-order valence-electron chi connectivity index (χ4n) is 2.82. The molecule has 1 aromatic rings. The molecule has 0 radical (unpaired) electrons. The van der Waals surface area contributed by atoms with Crippen LogP contribution in [0, 0.1) is 11.6 Å². The molecule has 1 aliphatic heterocycles. The minimum Gasteiger partial charge on any atom is -0.367 e. The molecule has 0 saturated carbocycles. The molecule has 0 bridgehead atoms. The summed E-state index contributed by atoms with van der Waals surface area (Å²) in [6, 6.07) is 3.69. The van der Waals surface area contributed by atoms with Crippen LogP contribution >= 0.6 is 24.0 Å². The number of nitrogens with one attached hydrogen (secondary N) is 3. The van der Waals surface area contributed by atoms with Crippen LogP contribution in [-0.4, -0.2) is 50.6 Å². The molecular weight excluding hydrogens is 467 g/mol. The van der Waals surface area contributed by atoms with Crippen molar-refractivity contribution in [1.29, 1.82) is 0 Å². The smallest absolute Gasteiger partial charge is 0.241 e.